The van der Waals surface area contributed by atoms with Gasteiger partial charge in [-0.05, 0) is 35.6 Å². The molecule has 124 valence electrons. The summed E-state index contributed by atoms with van der Waals surface area (Å²) in [4.78, 5) is 0. The third-order valence-corrected chi connectivity index (χ3v) is 4.61. The van der Waals surface area contributed by atoms with Crippen molar-refractivity contribution < 1.29 is 14.3 Å². The van der Waals surface area contributed by atoms with Crippen molar-refractivity contribution in [3.05, 3.63) is 53.5 Å². The average molecular weight is 315 g/mol. The molecule has 2 N–H and O–H groups in total. The number of hydrogen-bond donors (Lipinski definition) is 2. The van der Waals surface area contributed by atoms with Crippen molar-refractivity contribution in [1.82, 2.24) is 5.32 Å². The normalized spacial score (nSPS) is 20.8. The maximum atomic E-state index is 10.4. The molecule has 0 saturated carbocycles. The van der Waals surface area contributed by atoms with Gasteiger partial charge in [0.05, 0.1) is 19.5 Å². The highest BCUT2D eigenvalue weighted by atomic mass is 16.5. The lowest BCUT2D eigenvalue weighted by Gasteiger charge is -2.35. The van der Waals surface area contributed by atoms with E-state index in [0.29, 0.717) is 6.54 Å². The predicted molar refractivity (Wildman–Crippen MR) is 89.5 cm³/mol. The van der Waals surface area contributed by atoms with Crippen molar-refractivity contribution in [2.45, 2.75) is 38.8 Å². The van der Waals surface area contributed by atoms with Gasteiger partial charge in [-0.2, -0.15) is 0 Å². The van der Waals surface area contributed by atoms with Crippen LogP contribution in [0.25, 0.3) is 0 Å². The van der Waals surface area contributed by atoms with Crippen LogP contribution in [0.15, 0.2) is 41.0 Å². The minimum absolute atomic E-state index is 0.202. The van der Waals surface area contributed by atoms with Crippen LogP contribution >= 0.6 is 0 Å². The average Bonchev–Trinajstić information content (AvgIpc) is 2.99. The summed E-state index contributed by atoms with van der Waals surface area (Å²) in [5.74, 6) is 1.86. The molecule has 23 heavy (non-hydrogen) atoms. The Morgan fingerprint density at radius 1 is 1.30 bits per heavy atom. The van der Waals surface area contributed by atoms with Crippen LogP contribution in [0.4, 0.5) is 0 Å². The van der Waals surface area contributed by atoms with E-state index in [4.69, 9.17) is 9.15 Å². The maximum Gasteiger partial charge on any atom is 0.118 e. The molecule has 1 aliphatic rings. The van der Waals surface area contributed by atoms with E-state index >= 15 is 0 Å². The van der Waals surface area contributed by atoms with E-state index in [0.717, 1.165) is 29.9 Å². The SMILES string of the molecule is COc1ccc(C(O)CNC2CC(C)(C)Cc3occc32)cc1. The van der Waals surface area contributed by atoms with Gasteiger partial charge in [0, 0.05) is 24.6 Å². The summed E-state index contributed by atoms with van der Waals surface area (Å²) in [6.45, 7) is 5.03. The van der Waals surface area contributed by atoms with E-state index < -0.39 is 6.10 Å². The van der Waals surface area contributed by atoms with Gasteiger partial charge in [0.15, 0.2) is 0 Å². The first-order valence-corrected chi connectivity index (χ1v) is 8.10. The van der Waals surface area contributed by atoms with Crippen molar-refractivity contribution in [2.75, 3.05) is 13.7 Å². The summed E-state index contributed by atoms with van der Waals surface area (Å²) >= 11 is 0. The van der Waals surface area contributed by atoms with Gasteiger partial charge in [-0.25, -0.2) is 0 Å². The lowest BCUT2D eigenvalue weighted by atomic mass is 9.75. The molecular formula is C19H25NO3. The van der Waals surface area contributed by atoms with E-state index in [1.165, 1.54) is 5.56 Å². The molecule has 1 aromatic carbocycles. The van der Waals surface area contributed by atoms with Crippen molar-refractivity contribution in [1.29, 1.82) is 0 Å². The number of aliphatic hydroxyl groups is 1. The number of rotatable bonds is 5. The first kappa shape index (κ1) is 16.1. The van der Waals surface area contributed by atoms with Gasteiger partial charge in [-0.3, -0.25) is 0 Å². The standard InChI is InChI=1S/C19H25NO3/c1-19(2)10-16(15-8-9-23-18(15)11-19)20-12-17(21)13-4-6-14(22-3)7-5-13/h4-9,16-17,20-21H,10-12H2,1-3H3. The summed E-state index contributed by atoms with van der Waals surface area (Å²) in [7, 11) is 1.64. The summed E-state index contributed by atoms with van der Waals surface area (Å²) in [6.07, 6.45) is 3.23. The minimum atomic E-state index is -0.540. The summed E-state index contributed by atoms with van der Waals surface area (Å²) in [6, 6.07) is 9.81. The van der Waals surface area contributed by atoms with Crippen LogP contribution in [-0.4, -0.2) is 18.8 Å². The van der Waals surface area contributed by atoms with Crippen LogP contribution in [0.3, 0.4) is 0 Å². The molecule has 1 aromatic heterocycles. The van der Waals surface area contributed by atoms with Crippen LogP contribution in [-0.2, 0) is 6.42 Å². The molecule has 0 radical (unpaired) electrons. The highest BCUT2D eigenvalue weighted by Gasteiger charge is 2.34. The zero-order valence-corrected chi connectivity index (χ0v) is 14.0. The molecule has 4 nitrogen and oxygen atoms in total. The number of furan rings is 1. The van der Waals surface area contributed by atoms with Gasteiger partial charge in [-0.1, -0.05) is 26.0 Å². The Morgan fingerprint density at radius 3 is 2.74 bits per heavy atom. The number of nitrogens with one attached hydrogen (secondary N) is 1. The molecule has 2 atom stereocenters. The van der Waals surface area contributed by atoms with E-state index in [2.05, 4.69) is 19.2 Å². The van der Waals surface area contributed by atoms with Crippen molar-refractivity contribution in [3.63, 3.8) is 0 Å². The van der Waals surface area contributed by atoms with Crippen molar-refractivity contribution >= 4 is 0 Å². The van der Waals surface area contributed by atoms with Crippen molar-refractivity contribution in [3.8, 4) is 5.75 Å². The smallest absolute Gasteiger partial charge is 0.118 e. The third kappa shape index (κ3) is 3.59. The second-order valence-electron chi connectivity index (χ2n) is 7.09. The zero-order chi connectivity index (χ0) is 16.4. The van der Waals surface area contributed by atoms with Crippen LogP contribution in [0.5, 0.6) is 5.75 Å². The Labute approximate surface area is 137 Å². The fraction of sp³-hybridized carbons (Fsp3) is 0.474. The van der Waals surface area contributed by atoms with Crippen molar-refractivity contribution in [2.24, 2.45) is 5.41 Å². The number of aliphatic hydroxyl groups excluding tert-OH is 1. The Bertz CT molecular complexity index is 645. The Hall–Kier alpha value is -1.78. The van der Waals surface area contributed by atoms with Crippen LogP contribution in [0.2, 0.25) is 0 Å². The fourth-order valence-corrected chi connectivity index (χ4v) is 3.35. The Balaban J connectivity index is 1.65. The predicted octanol–water partition coefficient (Wildman–Crippen LogP) is 3.62. The number of fused-ring (bicyclic) bond motifs is 1. The van der Waals surface area contributed by atoms with Crippen LogP contribution < -0.4 is 10.1 Å². The summed E-state index contributed by atoms with van der Waals surface area (Å²) in [5.41, 5.74) is 2.32. The van der Waals surface area contributed by atoms with Gasteiger partial charge in [0.2, 0.25) is 0 Å². The topological polar surface area (TPSA) is 54.6 Å². The molecule has 2 aromatic rings. The van der Waals surface area contributed by atoms with E-state index in [9.17, 15) is 5.11 Å². The van der Waals surface area contributed by atoms with Gasteiger partial charge >= 0.3 is 0 Å². The minimum Gasteiger partial charge on any atom is -0.497 e. The molecule has 0 spiro atoms. The third-order valence-electron chi connectivity index (χ3n) is 4.61. The zero-order valence-electron chi connectivity index (χ0n) is 14.0. The molecule has 1 heterocycles. The van der Waals surface area contributed by atoms with E-state index in [-0.39, 0.29) is 11.5 Å². The number of benzene rings is 1. The summed E-state index contributed by atoms with van der Waals surface area (Å²) in [5, 5.41) is 13.9. The van der Waals surface area contributed by atoms with Crippen LogP contribution in [0, 0.1) is 5.41 Å². The number of methoxy groups -OCH3 is 1. The molecule has 0 amide bonds. The molecule has 1 aliphatic carbocycles. The molecule has 0 saturated heterocycles. The number of ether oxygens (including phenoxy) is 1. The fourth-order valence-electron chi connectivity index (χ4n) is 3.35. The highest BCUT2D eigenvalue weighted by Crippen LogP contribution is 2.41. The second-order valence-corrected chi connectivity index (χ2v) is 7.09. The van der Waals surface area contributed by atoms with Gasteiger partial charge in [-0.15, -0.1) is 0 Å². The van der Waals surface area contributed by atoms with Gasteiger partial charge in [0.25, 0.3) is 0 Å². The lowest BCUT2D eigenvalue weighted by molar-refractivity contribution is 0.157. The Kier molecular flexibility index (Phi) is 4.46. The quantitative estimate of drug-likeness (QED) is 0.885. The largest absolute Gasteiger partial charge is 0.497 e. The molecule has 3 rings (SSSR count). The molecule has 0 aliphatic heterocycles. The van der Waals surface area contributed by atoms with E-state index in [1.54, 1.807) is 13.4 Å². The molecule has 4 heteroatoms. The van der Waals surface area contributed by atoms with Crippen LogP contribution in [0.1, 0.15) is 49.3 Å². The molecular weight excluding hydrogens is 290 g/mol. The maximum absolute atomic E-state index is 10.4. The molecule has 0 fully saturated rings. The monoisotopic (exact) mass is 315 g/mol. The number of hydrogen-bond acceptors (Lipinski definition) is 4. The van der Waals surface area contributed by atoms with Gasteiger partial charge < -0.3 is 19.6 Å². The van der Waals surface area contributed by atoms with Gasteiger partial charge in [0.1, 0.15) is 11.5 Å². The van der Waals surface area contributed by atoms with E-state index in [1.807, 2.05) is 30.3 Å². The highest BCUT2D eigenvalue weighted by molar-refractivity contribution is 5.29. The second kappa shape index (κ2) is 6.38. The molecule has 2 unspecified atom stereocenters. The first-order valence-electron chi connectivity index (χ1n) is 8.10. The lowest BCUT2D eigenvalue weighted by Crippen LogP contribution is -2.34. The molecule has 0 bridgehead atoms. The summed E-state index contributed by atoms with van der Waals surface area (Å²) < 4.78 is 10.8. The Morgan fingerprint density at radius 2 is 2.04 bits per heavy atom. The first-order chi connectivity index (χ1) is 11.0.